The average Bonchev–Trinajstić information content (AvgIpc) is 2.89. The molecule has 0 saturated heterocycles. The topological polar surface area (TPSA) is 51.2 Å². The number of thiazole rings is 1. The third-order valence-corrected chi connectivity index (χ3v) is 2.93. The third-order valence-electron chi connectivity index (χ3n) is 2.24. The van der Waals surface area contributed by atoms with Gasteiger partial charge in [-0.05, 0) is 30.7 Å². The molecule has 2 rings (SSSR count). The van der Waals surface area contributed by atoms with Gasteiger partial charge in [-0.1, -0.05) is 6.92 Å². The summed E-state index contributed by atoms with van der Waals surface area (Å²) in [6, 6.07) is 7.08. The summed E-state index contributed by atoms with van der Waals surface area (Å²) in [5, 5.41) is 5.15. The fourth-order valence-electron chi connectivity index (χ4n) is 1.38. The van der Waals surface area contributed by atoms with E-state index in [1.165, 1.54) is 11.3 Å². The number of hydrogen-bond donors (Lipinski definition) is 1. The summed E-state index contributed by atoms with van der Waals surface area (Å²) in [6.45, 7) is 2.74. The normalized spacial score (nSPS) is 10.1. The molecule has 0 unspecified atom stereocenters. The fraction of sp³-hybridized carbons (Fsp3) is 0.231. The lowest BCUT2D eigenvalue weighted by Gasteiger charge is -2.05. The van der Waals surface area contributed by atoms with Crippen LogP contribution in [-0.2, 0) is 0 Å². The van der Waals surface area contributed by atoms with Gasteiger partial charge in [0, 0.05) is 17.1 Å². The molecule has 0 aliphatic carbocycles. The second-order valence-corrected chi connectivity index (χ2v) is 4.56. The van der Waals surface area contributed by atoms with Crippen molar-refractivity contribution in [1.82, 2.24) is 4.98 Å². The molecule has 1 aromatic carbocycles. The number of carbonyl (C=O) groups excluding carboxylic acids is 1. The van der Waals surface area contributed by atoms with Crippen molar-refractivity contribution in [2.24, 2.45) is 0 Å². The Hall–Kier alpha value is -1.88. The van der Waals surface area contributed by atoms with Gasteiger partial charge in [-0.2, -0.15) is 0 Å². The van der Waals surface area contributed by atoms with Crippen molar-refractivity contribution in [1.29, 1.82) is 0 Å². The third kappa shape index (κ3) is 3.30. The Bertz CT molecular complexity index is 494. The number of aromatic nitrogens is 1. The number of carbonyl (C=O) groups is 1. The molecule has 0 bridgehead atoms. The molecule has 0 spiro atoms. The standard InChI is InChI=1S/C13H14N2O2S/c1-2-8-17-11-5-3-10(4-6-11)12(16)15-13-14-7-9-18-13/h3-7,9H,2,8H2,1H3,(H,14,15,16). The summed E-state index contributed by atoms with van der Waals surface area (Å²) in [7, 11) is 0. The minimum absolute atomic E-state index is 0.160. The summed E-state index contributed by atoms with van der Waals surface area (Å²) in [4.78, 5) is 15.9. The molecule has 2 aromatic rings. The second kappa shape index (κ2) is 6.16. The predicted octanol–water partition coefficient (Wildman–Crippen LogP) is 3.18. The molecule has 0 atom stereocenters. The minimum atomic E-state index is -0.160. The van der Waals surface area contributed by atoms with E-state index in [1.54, 1.807) is 30.5 Å². The Kier molecular flexibility index (Phi) is 4.30. The van der Waals surface area contributed by atoms with Crippen molar-refractivity contribution >= 4 is 22.4 Å². The Morgan fingerprint density at radius 3 is 2.78 bits per heavy atom. The highest BCUT2D eigenvalue weighted by Gasteiger charge is 2.07. The summed E-state index contributed by atoms with van der Waals surface area (Å²) >= 11 is 1.39. The van der Waals surface area contributed by atoms with Crippen LogP contribution in [0.15, 0.2) is 35.8 Å². The van der Waals surface area contributed by atoms with Crippen LogP contribution >= 0.6 is 11.3 Å². The Morgan fingerprint density at radius 2 is 2.17 bits per heavy atom. The van der Waals surface area contributed by atoms with Gasteiger partial charge in [0.15, 0.2) is 5.13 Å². The van der Waals surface area contributed by atoms with Crippen molar-refractivity contribution in [2.45, 2.75) is 13.3 Å². The molecule has 1 heterocycles. The quantitative estimate of drug-likeness (QED) is 0.900. The Labute approximate surface area is 110 Å². The zero-order valence-electron chi connectivity index (χ0n) is 10.1. The summed E-state index contributed by atoms with van der Waals surface area (Å²) in [5.41, 5.74) is 0.592. The highest BCUT2D eigenvalue weighted by Crippen LogP contribution is 2.15. The van der Waals surface area contributed by atoms with E-state index in [0.29, 0.717) is 17.3 Å². The first-order valence-electron chi connectivity index (χ1n) is 5.73. The monoisotopic (exact) mass is 262 g/mol. The van der Waals surface area contributed by atoms with Crippen LogP contribution < -0.4 is 10.1 Å². The van der Waals surface area contributed by atoms with Crippen molar-refractivity contribution in [3.8, 4) is 5.75 Å². The van der Waals surface area contributed by atoms with E-state index < -0.39 is 0 Å². The highest BCUT2D eigenvalue weighted by atomic mass is 32.1. The number of anilines is 1. The summed E-state index contributed by atoms with van der Waals surface area (Å²) in [5.74, 6) is 0.620. The lowest BCUT2D eigenvalue weighted by atomic mass is 10.2. The van der Waals surface area contributed by atoms with Gasteiger partial charge in [0.1, 0.15) is 5.75 Å². The van der Waals surface area contributed by atoms with E-state index in [2.05, 4.69) is 17.2 Å². The van der Waals surface area contributed by atoms with Gasteiger partial charge in [-0.25, -0.2) is 4.98 Å². The second-order valence-electron chi connectivity index (χ2n) is 3.66. The number of benzene rings is 1. The van der Waals surface area contributed by atoms with E-state index in [4.69, 9.17) is 4.74 Å². The molecule has 94 valence electrons. The predicted molar refractivity (Wildman–Crippen MR) is 72.3 cm³/mol. The first-order valence-corrected chi connectivity index (χ1v) is 6.61. The first-order chi connectivity index (χ1) is 8.79. The van der Waals surface area contributed by atoms with Crippen molar-refractivity contribution in [2.75, 3.05) is 11.9 Å². The Morgan fingerprint density at radius 1 is 1.39 bits per heavy atom. The van der Waals surface area contributed by atoms with Crippen molar-refractivity contribution < 1.29 is 9.53 Å². The van der Waals surface area contributed by atoms with Crippen LogP contribution in [0.4, 0.5) is 5.13 Å². The zero-order valence-corrected chi connectivity index (χ0v) is 10.9. The highest BCUT2D eigenvalue weighted by molar-refractivity contribution is 7.13. The van der Waals surface area contributed by atoms with Gasteiger partial charge >= 0.3 is 0 Å². The van der Waals surface area contributed by atoms with Crippen LogP contribution in [0.2, 0.25) is 0 Å². The van der Waals surface area contributed by atoms with Crippen LogP contribution in [0.25, 0.3) is 0 Å². The van der Waals surface area contributed by atoms with Crippen molar-refractivity contribution in [3.63, 3.8) is 0 Å². The van der Waals surface area contributed by atoms with Crippen LogP contribution in [-0.4, -0.2) is 17.5 Å². The first kappa shape index (κ1) is 12.6. The van der Waals surface area contributed by atoms with Gasteiger partial charge in [0.2, 0.25) is 0 Å². The average molecular weight is 262 g/mol. The number of ether oxygens (including phenoxy) is 1. The molecule has 0 fully saturated rings. The van der Waals surface area contributed by atoms with Gasteiger partial charge in [-0.3, -0.25) is 10.1 Å². The zero-order chi connectivity index (χ0) is 12.8. The number of hydrogen-bond acceptors (Lipinski definition) is 4. The molecule has 1 amide bonds. The molecule has 1 aromatic heterocycles. The number of nitrogens with one attached hydrogen (secondary N) is 1. The molecule has 1 N–H and O–H groups in total. The van der Waals surface area contributed by atoms with Crippen LogP contribution in [0.1, 0.15) is 23.7 Å². The fourth-order valence-corrected chi connectivity index (χ4v) is 1.90. The Balaban J connectivity index is 1.98. The van der Waals surface area contributed by atoms with Crippen molar-refractivity contribution in [3.05, 3.63) is 41.4 Å². The molecule has 18 heavy (non-hydrogen) atoms. The largest absolute Gasteiger partial charge is 0.494 e. The van der Waals surface area contributed by atoms with Gasteiger partial charge in [0.25, 0.3) is 5.91 Å². The number of nitrogens with zero attached hydrogens (tertiary/aromatic N) is 1. The van der Waals surface area contributed by atoms with E-state index in [0.717, 1.165) is 12.2 Å². The van der Waals surface area contributed by atoms with Crippen LogP contribution in [0.3, 0.4) is 0 Å². The molecule has 4 nitrogen and oxygen atoms in total. The molecule has 5 heteroatoms. The maximum atomic E-state index is 11.9. The van der Waals surface area contributed by atoms with E-state index in [-0.39, 0.29) is 5.91 Å². The SMILES string of the molecule is CCCOc1ccc(C(=O)Nc2nccs2)cc1. The van der Waals surface area contributed by atoms with E-state index in [1.807, 2.05) is 5.38 Å². The molecule has 0 aliphatic rings. The number of rotatable bonds is 5. The molecule has 0 radical (unpaired) electrons. The summed E-state index contributed by atoms with van der Waals surface area (Å²) in [6.07, 6.45) is 2.62. The van der Waals surface area contributed by atoms with Gasteiger partial charge < -0.3 is 4.74 Å². The van der Waals surface area contributed by atoms with Crippen LogP contribution in [0.5, 0.6) is 5.75 Å². The van der Waals surface area contributed by atoms with Crippen LogP contribution in [0, 0.1) is 0 Å². The van der Waals surface area contributed by atoms with E-state index >= 15 is 0 Å². The number of amides is 1. The van der Waals surface area contributed by atoms with E-state index in [9.17, 15) is 4.79 Å². The summed E-state index contributed by atoms with van der Waals surface area (Å²) < 4.78 is 5.45. The maximum absolute atomic E-state index is 11.9. The van der Waals surface area contributed by atoms with Gasteiger partial charge in [0.05, 0.1) is 6.61 Å². The molecule has 0 aliphatic heterocycles. The van der Waals surface area contributed by atoms with Gasteiger partial charge in [-0.15, -0.1) is 11.3 Å². The lowest BCUT2D eigenvalue weighted by Crippen LogP contribution is -2.11. The maximum Gasteiger partial charge on any atom is 0.257 e. The minimum Gasteiger partial charge on any atom is -0.494 e. The smallest absolute Gasteiger partial charge is 0.257 e. The molecular weight excluding hydrogens is 248 g/mol. The molecule has 0 saturated carbocycles. The lowest BCUT2D eigenvalue weighted by molar-refractivity contribution is 0.102. The molecular formula is C13H14N2O2S.